The van der Waals surface area contributed by atoms with E-state index in [1.54, 1.807) is 6.20 Å². The van der Waals surface area contributed by atoms with Gasteiger partial charge in [0, 0.05) is 25.4 Å². The van der Waals surface area contributed by atoms with Gasteiger partial charge in [0.1, 0.15) is 6.04 Å². The third-order valence-corrected chi connectivity index (χ3v) is 2.61. The fourth-order valence-electron chi connectivity index (χ4n) is 1.24. The lowest BCUT2D eigenvalue weighted by atomic mass is 10.2. The van der Waals surface area contributed by atoms with Crippen LogP contribution in [0.3, 0.4) is 0 Å². The first-order valence-corrected chi connectivity index (χ1v) is 6.47. The maximum Gasteiger partial charge on any atom is 0.238 e. The van der Waals surface area contributed by atoms with Crippen molar-refractivity contribution in [3.8, 4) is 0 Å². The number of nitrogens with one attached hydrogen (secondary N) is 3. The average molecular weight is 246 g/mol. The van der Waals surface area contributed by atoms with Crippen molar-refractivity contribution in [2.45, 2.75) is 12.5 Å². The summed E-state index contributed by atoms with van der Waals surface area (Å²) in [6, 6.07) is -0.833. The van der Waals surface area contributed by atoms with Crippen LogP contribution >= 0.6 is 0 Å². The van der Waals surface area contributed by atoms with Gasteiger partial charge in [-0.1, -0.05) is 0 Å². The average Bonchev–Trinajstić information content (AvgIpc) is 2.66. The van der Waals surface area contributed by atoms with Crippen molar-refractivity contribution < 1.29 is 13.2 Å². The zero-order valence-electron chi connectivity index (χ0n) is 9.02. The van der Waals surface area contributed by atoms with Crippen molar-refractivity contribution in [1.29, 1.82) is 0 Å². The smallest absolute Gasteiger partial charge is 0.238 e. The minimum atomic E-state index is -3.43. The molecule has 0 aromatic carbocycles. The van der Waals surface area contributed by atoms with Gasteiger partial charge in [-0.05, 0) is 0 Å². The fourth-order valence-corrected chi connectivity index (χ4v) is 1.94. The molecule has 0 unspecified atom stereocenters. The van der Waals surface area contributed by atoms with Crippen LogP contribution in [0.4, 0.5) is 0 Å². The van der Waals surface area contributed by atoms with Gasteiger partial charge >= 0.3 is 0 Å². The van der Waals surface area contributed by atoms with Crippen molar-refractivity contribution in [3.63, 3.8) is 0 Å². The lowest BCUT2D eigenvalue weighted by Gasteiger charge is -2.14. The van der Waals surface area contributed by atoms with Crippen LogP contribution in [0, 0.1) is 0 Å². The number of amides is 1. The van der Waals surface area contributed by atoms with E-state index < -0.39 is 16.1 Å². The first kappa shape index (κ1) is 12.7. The molecule has 0 aliphatic rings. The van der Waals surface area contributed by atoms with E-state index in [4.69, 9.17) is 0 Å². The molecule has 1 amide bonds. The molecule has 1 rings (SSSR count). The summed E-state index contributed by atoms with van der Waals surface area (Å²) >= 11 is 0. The molecule has 90 valence electrons. The minimum Gasteiger partial charge on any atom is -0.358 e. The first-order valence-electron chi connectivity index (χ1n) is 4.58. The number of imidazole rings is 1. The highest BCUT2D eigenvalue weighted by Gasteiger charge is 2.21. The molecule has 1 aromatic rings. The second-order valence-corrected chi connectivity index (χ2v) is 5.12. The summed E-state index contributed by atoms with van der Waals surface area (Å²) in [5, 5.41) is 2.40. The van der Waals surface area contributed by atoms with Crippen LogP contribution in [-0.4, -0.2) is 43.6 Å². The summed E-state index contributed by atoms with van der Waals surface area (Å²) < 4.78 is 24.4. The number of rotatable bonds is 5. The Morgan fingerprint density at radius 2 is 2.31 bits per heavy atom. The molecule has 0 saturated carbocycles. The molecule has 1 heterocycles. The normalized spacial score (nSPS) is 13.4. The maximum atomic E-state index is 11.4. The van der Waals surface area contributed by atoms with Gasteiger partial charge in [0.05, 0.1) is 12.6 Å². The third kappa shape index (κ3) is 3.99. The molecule has 0 bridgehead atoms. The SMILES string of the molecule is CNC(=O)[C@H](Cc1cnc[nH]1)NS(C)(=O)=O. The lowest BCUT2D eigenvalue weighted by Crippen LogP contribution is -2.46. The number of carbonyl (C=O) groups is 1. The molecule has 8 heteroatoms. The number of sulfonamides is 1. The zero-order valence-corrected chi connectivity index (χ0v) is 9.84. The van der Waals surface area contributed by atoms with Crippen molar-refractivity contribution in [3.05, 3.63) is 18.2 Å². The van der Waals surface area contributed by atoms with Crippen LogP contribution in [0.5, 0.6) is 0 Å². The van der Waals surface area contributed by atoms with E-state index in [0.717, 1.165) is 6.26 Å². The Labute approximate surface area is 93.7 Å². The van der Waals surface area contributed by atoms with E-state index >= 15 is 0 Å². The molecule has 0 spiro atoms. The van der Waals surface area contributed by atoms with Crippen LogP contribution in [-0.2, 0) is 21.2 Å². The van der Waals surface area contributed by atoms with Gasteiger partial charge < -0.3 is 10.3 Å². The molecule has 16 heavy (non-hydrogen) atoms. The van der Waals surface area contributed by atoms with E-state index in [2.05, 4.69) is 20.0 Å². The van der Waals surface area contributed by atoms with Gasteiger partial charge in [0.2, 0.25) is 15.9 Å². The van der Waals surface area contributed by atoms with E-state index in [1.807, 2.05) is 0 Å². The minimum absolute atomic E-state index is 0.229. The molecule has 0 aliphatic carbocycles. The Bertz CT molecular complexity index is 440. The molecule has 0 aliphatic heterocycles. The Kier molecular flexibility index (Phi) is 4.02. The highest BCUT2D eigenvalue weighted by atomic mass is 32.2. The van der Waals surface area contributed by atoms with Gasteiger partial charge in [-0.25, -0.2) is 18.1 Å². The van der Waals surface area contributed by atoms with Crippen LogP contribution < -0.4 is 10.0 Å². The van der Waals surface area contributed by atoms with Crippen molar-refractivity contribution in [2.24, 2.45) is 0 Å². The predicted molar refractivity (Wildman–Crippen MR) is 58.1 cm³/mol. The number of hydrogen-bond donors (Lipinski definition) is 3. The first-order chi connectivity index (χ1) is 7.42. The number of aromatic nitrogens is 2. The Balaban J connectivity index is 2.76. The lowest BCUT2D eigenvalue weighted by molar-refractivity contribution is -0.122. The summed E-state index contributed by atoms with van der Waals surface area (Å²) in [5.74, 6) is -0.389. The van der Waals surface area contributed by atoms with Gasteiger partial charge in [-0.15, -0.1) is 0 Å². The van der Waals surface area contributed by atoms with Crippen molar-refractivity contribution >= 4 is 15.9 Å². The highest BCUT2D eigenvalue weighted by Crippen LogP contribution is 1.99. The van der Waals surface area contributed by atoms with Gasteiger partial charge in [-0.2, -0.15) is 0 Å². The number of H-pyrrole nitrogens is 1. The maximum absolute atomic E-state index is 11.4. The Morgan fingerprint density at radius 3 is 2.75 bits per heavy atom. The van der Waals surface area contributed by atoms with Crippen molar-refractivity contribution in [2.75, 3.05) is 13.3 Å². The number of hydrogen-bond acceptors (Lipinski definition) is 4. The summed E-state index contributed by atoms with van der Waals surface area (Å²) in [5.41, 5.74) is 0.685. The number of carbonyl (C=O) groups excluding carboxylic acids is 1. The van der Waals surface area contributed by atoms with Gasteiger partial charge in [0.25, 0.3) is 0 Å². The summed E-state index contributed by atoms with van der Waals surface area (Å²) in [6.07, 6.45) is 4.25. The van der Waals surface area contributed by atoms with Crippen molar-refractivity contribution in [1.82, 2.24) is 20.0 Å². The highest BCUT2D eigenvalue weighted by molar-refractivity contribution is 7.88. The molecule has 0 fully saturated rings. The Morgan fingerprint density at radius 1 is 1.62 bits per heavy atom. The molecule has 3 N–H and O–H groups in total. The molecule has 1 atom stereocenters. The second-order valence-electron chi connectivity index (χ2n) is 3.34. The standard InChI is InChI=1S/C8H14N4O3S/c1-9-8(13)7(12-16(2,14)15)3-6-4-10-5-11-6/h4-5,7,12H,3H2,1-2H3,(H,9,13)(H,10,11)/t7-/m0/s1. The van der Waals surface area contributed by atoms with E-state index in [1.165, 1.54) is 13.4 Å². The summed E-state index contributed by atoms with van der Waals surface area (Å²) in [4.78, 5) is 18.0. The number of nitrogens with zero attached hydrogens (tertiary/aromatic N) is 1. The number of likely N-dealkylation sites (N-methyl/N-ethyl adjacent to an activating group) is 1. The van der Waals surface area contributed by atoms with Crippen LogP contribution in [0.25, 0.3) is 0 Å². The largest absolute Gasteiger partial charge is 0.358 e. The van der Waals surface area contributed by atoms with Gasteiger partial charge in [-0.3, -0.25) is 4.79 Å². The van der Waals surface area contributed by atoms with E-state index in [0.29, 0.717) is 5.69 Å². The number of aromatic amines is 1. The van der Waals surface area contributed by atoms with Crippen LogP contribution in [0.2, 0.25) is 0 Å². The summed E-state index contributed by atoms with van der Waals surface area (Å²) in [7, 11) is -1.98. The zero-order chi connectivity index (χ0) is 12.2. The quantitative estimate of drug-likeness (QED) is 0.595. The van der Waals surface area contributed by atoms with E-state index in [9.17, 15) is 13.2 Å². The fraction of sp³-hybridized carbons (Fsp3) is 0.500. The molecule has 7 nitrogen and oxygen atoms in total. The van der Waals surface area contributed by atoms with E-state index in [-0.39, 0.29) is 12.3 Å². The van der Waals surface area contributed by atoms with Crippen LogP contribution in [0.15, 0.2) is 12.5 Å². The van der Waals surface area contributed by atoms with Gasteiger partial charge in [0.15, 0.2) is 0 Å². The topological polar surface area (TPSA) is 104 Å². The third-order valence-electron chi connectivity index (χ3n) is 1.90. The van der Waals surface area contributed by atoms with Crippen LogP contribution in [0.1, 0.15) is 5.69 Å². The monoisotopic (exact) mass is 246 g/mol. The predicted octanol–water partition coefficient (Wildman–Crippen LogP) is -1.38. The Hall–Kier alpha value is -1.41. The molecular weight excluding hydrogens is 232 g/mol. The summed E-state index contributed by atoms with van der Waals surface area (Å²) in [6.45, 7) is 0. The molecular formula is C8H14N4O3S. The molecule has 0 saturated heterocycles. The molecule has 0 radical (unpaired) electrons. The molecule has 1 aromatic heterocycles. The second kappa shape index (κ2) is 5.08.